The van der Waals surface area contributed by atoms with Crippen LogP contribution in [0.1, 0.15) is 0 Å². The summed E-state index contributed by atoms with van der Waals surface area (Å²) in [6.07, 6.45) is 5.85. The van der Waals surface area contributed by atoms with E-state index >= 15 is 0 Å². The van der Waals surface area contributed by atoms with Crippen molar-refractivity contribution in [1.82, 2.24) is 19.5 Å². The van der Waals surface area contributed by atoms with Crippen molar-refractivity contribution >= 4 is 32.7 Å². The van der Waals surface area contributed by atoms with Gasteiger partial charge in [0.2, 0.25) is 10.0 Å². The summed E-state index contributed by atoms with van der Waals surface area (Å²) in [5, 5.41) is 0. The molecule has 3 aromatic heterocycles. The van der Waals surface area contributed by atoms with Crippen LogP contribution in [0.4, 0.5) is 20.3 Å². The zero-order valence-corrected chi connectivity index (χ0v) is 19.1. The lowest BCUT2D eigenvalue weighted by Crippen LogP contribution is -2.10. The lowest BCUT2D eigenvalue weighted by molar-refractivity contribution is 0.585. The predicted octanol–water partition coefficient (Wildman–Crippen LogP) is 4.38. The fraction of sp³-hybridized carbons (Fsp3) is 0.0417. The molecule has 0 aliphatic rings. The second-order valence-electron chi connectivity index (χ2n) is 7.92. The van der Waals surface area contributed by atoms with Crippen molar-refractivity contribution in [3.05, 3.63) is 85.0 Å². The molecule has 0 aliphatic heterocycles. The summed E-state index contributed by atoms with van der Waals surface area (Å²) >= 11 is 0. The highest BCUT2D eigenvalue weighted by Gasteiger charge is 2.14. The minimum absolute atomic E-state index is 0.111. The standard InChI is InChI=1S/C24H18F2N6O2S/c1-35(33,34)31-18-6-15(20-4-3-17(25)9-21(20)26)7-19(10-18)32-13-30-22-8-16(12-29-24(22)32)14-2-5-23(27)28-11-14/h2-13,31H,1H3,(H2,27,28). The van der Waals surface area contributed by atoms with Crippen molar-refractivity contribution in [3.8, 4) is 27.9 Å². The van der Waals surface area contributed by atoms with Crippen LogP contribution in [0, 0.1) is 11.6 Å². The first-order valence-corrected chi connectivity index (χ1v) is 12.2. The number of nitrogens with one attached hydrogen (secondary N) is 1. The molecule has 0 radical (unpaired) electrons. The highest BCUT2D eigenvalue weighted by atomic mass is 32.2. The van der Waals surface area contributed by atoms with Gasteiger partial charge in [-0.25, -0.2) is 32.2 Å². The molecule has 0 saturated heterocycles. The van der Waals surface area contributed by atoms with E-state index in [0.717, 1.165) is 29.5 Å². The van der Waals surface area contributed by atoms with Crippen molar-refractivity contribution in [2.24, 2.45) is 0 Å². The zero-order chi connectivity index (χ0) is 24.7. The third-order valence-electron chi connectivity index (χ3n) is 5.25. The quantitative estimate of drug-likeness (QED) is 0.376. The largest absolute Gasteiger partial charge is 0.384 e. The van der Waals surface area contributed by atoms with Gasteiger partial charge in [-0.05, 0) is 54.1 Å². The molecule has 176 valence electrons. The summed E-state index contributed by atoms with van der Waals surface area (Å²) < 4.78 is 55.8. The lowest BCUT2D eigenvalue weighted by Gasteiger charge is -2.13. The molecule has 0 atom stereocenters. The van der Waals surface area contributed by atoms with Gasteiger partial charge >= 0.3 is 0 Å². The number of fused-ring (bicyclic) bond motifs is 1. The molecule has 0 saturated carbocycles. The van der Waals surface area contributed by atoms with Crippen LogP contribution in [0.2, 0.25) is 0 Å². The molecule has 2 aromatic carbocycles. The maximum absolute atomic E-state index is 14.5. The van der Waals surface area contributed by atoms with Crippen molar-refractivity contribution in [3.63, 3.8) is 0 Å². The van der Waals surface area contributed by atoms with E-state index in [1.165, 1.54) is 18.5 Å². The summed E-state index contributed by atoms with van der Waals surface area (Å²) in [7, 11) is -3.62. The molecule has 3 heterocycles. The predicted molar refractivity (Wildman–Crippen MR) is 130 cm³/mol. The SMILES string of the molecule is CS(=O)(=O)Nc1cc(-c2ccc(F)cc2F)cc(-n2cnc3cc(-c4ccc(N)nc4)cnc32)c1. The molecular formula is C24H18F2N6O2S. The van der Waals surface area contributed by atoms with E-state index < -0.39 is 21.7 Å². The van der Waals surface area contributed by atoms with Gasteiger partial charge in [-0.15, -0.1) is 0 Å². The number of nitrogens with two attached hydrogens (primary N) is 1. The molecule has 5 aromatic rings. The van der Waals surface area contributed by atoms with Gasteiger partial charge in [-0.3, -0.25) is 9.29 Å². The van der Waals surface area contributed by atoms with E-state index in [1.54, 1.807) is 35.2 Å². The fourth-order valence-electron chi connectivity index (χ4n) is 3.73. The molecule has 5 rings (SSSR count). The van der Waals surface area contributed by atoms with E-state index in [9.17, 15) is 17.2 Å². The Morgan fingerprint density at radius 1 is 0.886 bits per heavy atom. The number of halogens is 2. The van der Waals surface area contributed by atoms with Crippen LogP contribution in [-0.4, -0.2) is 34.2 Å². The Morgan fingerprint density at radius 2 is 1.69 bits per heavy atom. The first-order valence-electron chi connectivity index (χ1n) is 10.3. The van der Waals surface area contributed by atoms with Crippen molar-refractivity contribution < 1.29 is 17.2 Å². The maximum Gasteiger partial charge on any atom is 0.229 e. The van der Waals surface area contributed by atoms with E-state index in [2.05, 4.69) is 19.7 Å². The smallest absolute Gasteiger partial charge is 0.229 e. The number of hydrogen-bond acceptors (Lipinski definition) is 6. The summed E-state index contributed by atoms with van der Waals surface area (Å²) in [4.78, 5) is 13.1. The van der Waals surface area contributed by atoms with Crippen molar-refractivity contribution in [1.29, 1.82) is 0 Å². The number of aromatic nitrogens is 4. The second-order valence-corrected chi connectivity index (χ2v) is 9.67. The molecule has 8 nitrogen and oxygen atoms in total. The van der Waals surface area contributed by atoms with Crippen LogP contribution < -0.4 is 10.5 Å². The Bertz CT molecular complexity index is 1680. The Labute approximate surface area is 199 Å². The molecular weight excluding hydrogens is 474 g/mol. The third kappa shape index (κ3) is 4.66. The summed E-state index contributed by atoms with van der Waals surface area (Å²) in [5.74, 6) is -1.08. The van der Waals surface area contributed by atoms with Gasteiger partial charge in [-0.2, -0.15) is 0 Å². The number of hydrogen-bond donors (Lipinski definition) is 2. The molecule has 0 unspecified atom stereocenters. The second kappa shape index (κ2) is 8.44. The molecule has 0 bridgehead atoms. The number of sulfonamides is 1. The van der Waals surface area contributed by atoms with Crippen LogP contribution in [0.3, 0.4) is 0 Å². The fourth-order valence-corrected chi connectivity index (χ4v) is 4.27. The number of benzene rings is 2. The van der Waals surface area contributed by atoms with Gasteiger partial charge < -0.3 is 5.73 Å². The topological polar surface area (TPSA) is 116 Å². The monoisotopic (exact) mass is 492 g/mol. The number of anilines is 2. The molecule has 11 heteroatoms. The summed E-state index contributed by atoms with van der Waals surface area (Å²) in [5.41, 5.74) is 9.48. The number of pyridine rings is 2. The normalized spacial score (nSPS) is 11.6. The van der Waals surface area contributed by atoms with Crippen LogP contribution in [0.5, 0.6) is 0 Å². The van der Waals surface area contributed by atoms with Gasteiger partial charge in [0.25, 0.3) is 0 Å². The highest BCUT2D eigenvalue weighted by Crippen LogP contribution is 2.31. The van der Waals surface area contributed by atoms with Crippen molar-refractivity contribution in [2.45, 2.75) is 0 Å². The Hall–Kier alpha value is -4.38. The zero-order valence-electron chi connectivity index (χ0n) is 18.3. The first kappa shape index (κ1) is 22.4. The molecule has 0 spiro atoms. The average molecular weight is 493 g/mol. The molecule has 0 fully saturated rings. The van der Waals surface area contributed by atoms with Gasteiger partial charge in [-0.1, -0.05) is 0 Å². The highest BCUT2D eigenvalue weighted by molar-refractivity contribution is 7.92. The van der Waals surface area contributed by atoms with Crippen LogP contribution in [0.25, 0.3) is 39.1 Å². The third-order valence-corrected chi connectivity index (χ3v) is 5.86. The lowest BCUT2D eigenvalue weighted by atomic mass is 10.0. The molecule has 3 N–H and O–H groups in total. The number of nitrogen functional groups attached to an aromatic ring is 1. The Morgan fingerprint density at radius 3 is 2.40 bits per heavy atom. The van der Waals surface area contributed by atoms with Gasteiger partial charge in [0.15, 0.2) is 5.65 Å². The number of rotatable bonds is 5. The summed E-state index contributed by atoms with van der Waals surface area (Å²) in [6.45, 7) is 0. The van der Waals surface area contributed by atoms with E-state index in [4.69, 9.17) is 5.73 Å². The van der Waals surface area contributed by atoms with Gasteiger partial charge in [0, 0.05) is 35.2 Å². The molecule has 35 heavy (non-hydrogen) atoms. The van der Waals surface area contributed by atoms with Crippen molar-refractivity contribution in [2.75, 3.05) is 16.7 Å². The van der Waals surface area contributed by atoms with E-state index in [-0.39, 0.29) is 11.3 Å². The minimum atomic E-state index is -3.62. The first-order chi connectivity index (χ1) is 16.7. The van der Waals surface area contributed by atoms with Crippen LogP contribution in [0.15, 0.2) is 73.3 Å². The number of imidazole rings is 1. The number of nitrogens with zero attached hydrogens (tertiary/aromatic N) is 4. The molecule has 0 amide bonds. The van der Waals surface area contributed by atoms with E-state index in [0.29, 0.717) is 28.2 Å². The average Bonchev–Trinajstić information content (AvgIpc) is 3.21. The maximum atomic E-state index is 14.5. The van der Waals surface area contributed by atoms with E-state index in [1.807, 2.05) is 12.1 Å². The summed E-state index contributed by atoms with van der Waals surface area (Å²) in [6, 6.07) is 13.2. The molecule has 0 aliphatic carbocycles. The Balaban J connectivity index is 1.64. The van der Waals surface area contributed by atoms with Gasteiger partial charge in [0.1, 0.15) is 29.3 Å². The van der Waals surface area contributed by atoms with Crippen LogP contribution >= 0.6 is 0 Å². The Kier molecular flexibility index (Phi) is 5.40. The minimum Gasteiger partial charge on any atom is -0.384 e. The van der Waals surface area contributed by atoms with Gasteiger partial charge in [0.05, 0.1) is 17.6 Å². The van der Waals surface area contributed by atoms with Crippen LogP contribution in [-0.2, 0) is 10.0 Å².